The van der Waals surface area contributed by atoms with Gasteiger partial charge < -0.3 is 4.74 Å². The SMILES string of the molecule is [CH2]C1CCC(COC=C)CC1. The average molecular weight is 153 g/mol. The van der Waals surface area contributed by atoms with E-state index in [1.807, 2.05) is 0 Å². The fraction of sp³-hybridized carbons (Fsp3) is 0.700. The van der Waals surface area contributed by atoms with E-state index in [1.54, 1.807) is 0 Å². The van der Waals surface area contributed by atoms with Crippen LogP contribution in [0.25, 0.3) is 0 Å². The number of hydrogen-bond donors (Lipinski definition) is 0. The second kappa shape index (κ2) is 4.42. The third-order valence-corrected chi connectivity index (χ3v) is 2.42. The third-order valence-electron chi connectivity index (χ3n) is 2.42. The van der Waals surface area contributed by atoms with E-state index < -0.39 is 0 Å². The van der Waals surface area contributed by atoms with Gasteiger partial charge in [-0.3, -0.25) is 0 Å². The van der Waals surface area contributed by atoms with E-state index in [0.29, 0.717) is 5.92 Å². The first-order valence-electron chi connectivity index (χ1n) is 4.38. The van der Waals surface area contributed by atoms with E-state index in [1.165, 1.54) is 31.9 Å². The lowest BCUT2D eigenvalue weighted by molar-refractivity contribution is 0.156. The molecular weight excluding hydrogens is 136 g/mol. The summed E-state index contributed by atoms with van der Waals surface area (Å²) < 4.78 is 5.15. The van der Waals surface area contributed by atoms with Gasteiger partial charge in [0.05, 0.1) is 12.9 Å². The average Bonchev–Trinajstić information content (AvgIpc) is 2.04. The highest BCUT2D eigenvalue weighted by atomic mass is 16.5. The molecule has 0 N–H and O–H groups in total. The summed E-state index contributed by atoms with van der Waals surface area (Å²) in [5.74, 6) is 1.45. The molecule has 1 heteroatoms. The van der Waals surface area contributed by atoms with Gasteiger partial charge in [0.2, 0.25) is 0 Å². The smallest absolute Gasteiger partial charge is 0.0901 e. The molecule has 0 heterocycles. The first-order valence-corrected chi connectivity index (χ1v) is 4.38. The molecule has 0 spiro atoms. The maximum absolute atomic E-state index is 5.15. The first-order chi connectivity index (χ1) is 5.33. The van der Waals surface area contributed by atoms with Crippen molar-refractivity contribution in [1.82, 2.24) is 0 Å². The molecule has 1 aliphatic carbocycles. The molecule has 0 unspecified atom stereocenters. The highest BCUT2D eigenvalue weighted by Crippen LogP contribution is 2.27. The predicted molar refractivity (Wildman–Crippen MR) is 47.0 cm³/mol. The van der Waals surface area contributed by atoms with Crippen molar-refractivity contribution in [1.29, 1.82) is 0 Å². The molecule has 1 radical (unpaired) electrons. The molecule has 0 aliphatic heterocycles. The standard InChI is InChI=1S/C10H17O/c1-3-11-8-10-6-4-9(2)5-7-10/h3,9-10H,1-2,4-8H2. The second-order valence-electron chi connectivity index (χ2n) is 3.39. The van der Waals surface area contributed by atoms with E-state index in [9.17, 15) is 0 Å². The van der Waals surface area contributed by atoms with Crippen LogP contribution < -0.4 is 0 Å². The molecule has 1 fully saturated rings. The molecule has 1 saturated carbocycles. The summed E-state index contributed by atoms with van der Waals surface area (Å²) in [6.45, 7) is 8.43. The van der Waals surface area contributed by atoms with Gasteiger partial charge in [-0.25, -0.2) is 0 Å². The van der Waals surface area contributed by atoms with Crippen molar-refractivity contribution < 1.29 is 4.74 Å². The van der Waals surface area contributed by atoms with E-state index in [2.05, 4.69) is 13.5 Å². The summed E-state index contributed by atoms with van der Waals surface area (Å²) >= 11 is 0. The molecule has 0 atom stereocenters. The summed E-state index contributed by atoms with van der Waals surface area (Å²) in [7, 11) is 0. The van der Waals surface area contributed by atoms with Crippen molar-refractivity contribution in [2.75, 3.05) is 6.61 Å². The lowest BCUT2D eigenvalue weighted by Gasteiger charge is -2.25. The minimum Gasteiger partial charge on any atom is -0.502 e. The number of rotatable bonds is 3. The summed E-state index contributed by atoms with van der Waals surface area (Å²) in [4.78, 5) is 0. The van der Waals surface area contributed by atoms with Gasteiger partial charge >= 0.3 is 0 Å². The summed E-state index contributed by atoms with van der Waals surface area (Å²) in [6, 6.07) is 0. The molecule has 0 amide bonds. The van der Waals surface area contributed by atoms with E-state index >= 15 is 0 Å². The zero-order valence-corrected chi connectivity index (χ0v) is 7.09. The Kier molecular flexibility index (Phi) is 3.47. The van der Waals surface area contributed by atoms with Crippen molar-refractivity contribution in [2.45, 2.75) is 25.7 Å². The summed E-state index contributed by atoms with van der Waals surface area (Å²) in [6.07, 6.45) is 6.64. The largest absolute Gasteiger partial charge is 0.502 e. The maximum atomic E-state index is 5.15. The first kappa shape index (κ1) is 8.63. The van der Waals surface area contributed by atoms with Crippen molar-refractivity contribution in [3.05, 3.63) is 19.8 Å². The van der Waals surface area contributed by atoms with Crippen LogP contribution in [-0.2, 0) is 4.74 Å². The van der Waals surface area contributed by atoms with Crippen LogP contribution in [0.1, 0.15) is 25.7 Å². The van der Waals surface area contributed by atoms with E-state index in [4.69, 9.17) is 4.74 Å². The van der Waals surface area contributed by atoms with Crippen molar-refractivity contribution in [3.8, 4) is 0 Å². The van der Waals surface area contributed by atoms with Gasteiger partial charge in [0.15, 0.2) is 0 Å². The fourth-order valence-electron chi connectivity index (χ4n) is 1.60. The zero-order chi connectivity index (χ0) is 8.10. The van der Waals surface area contributed by atoms with Crippen molar-refractivity contribution >= 4 is 0 Å². The molecule has 0 aromatic heterocycles. The summed E-state index contributed by atoms with van der Waals surface area (Å²) in [5.41, 5.74) is 0. The van der Waals surface area contributed by atoms with Gasteiger partial charge in [0.25, 0.3) is 0 Å². The maximum Gasteiger partial charge on any atom is 0.0901 e. The van der Waals surface area contributed by atoms with Crippen molar-refractivity contribution in [2.24, 2.45) is 11.8 Å². The molecule has 11 heavy (non-hydrogen) atoms. The molecule has 0 aromatic carbocycles. The van der Waals surface area contributed by atoms with Gasteiger partial charge in [-0.1, -0.05) is 26.3 Å². The van der Waals surface area contributed by atoms with Crippen LogP contribution in [0.4, 0.5) is 0 Å². The summed E-state index contributed by atoms with van der Waals surface area (Å²) in [5, 5.41) is 0. The second-order valence-corrected chi connectivity index (χ2v) is 3.39. The topological polar surface area (TPSA) is 9.23 Å². The predicted octanol–water partition coefficient (Wildman–Crippen LogP) is 2.79. The Morgan fingerprint density at radius 3 is 2.45 bits per heavy atom. The Morgan fingerprint density at radius 1 is 1.27 bits per heavy atom. The van der Waals surface area contributed by atoms with Gasteiger partial charge in [-0.05, 0) is 24.7 Å². The lowest BCUT2D eigenvalue weighted by atomic mass is 9.83. The fourth-order valence-corrected chi connectivity index (χ4v) is 1.60. The minimum atomic E-state index is 0.690. The van der Waals surface area contributed by atoms with Crippen LogP contribution >= 0.6 is 0 Å². The Bertz CT molecular complexity index is 112. The third kappa shape index (κ3) is 2.96. The van der Waals surface area contributed by atoms with Crippen LogP contribution in [-0.4, -0.2) is 6.61 Å². The zero-order valence-electron chi connectivity index (χ0n) is 7.09. The Hall–Kier alpha value is -0.460. The Morgan fingerprint density at radius 2 is 1.91 bits per heavy atom. The quantitative estimate of drug-likeness (QED) is 0.566. The highest BCUT2D eigenvalue weighted by molar-refractivity contribution is 4.73. The van der Waals surface area contributed by atoms with Crippen LogP contribution in [0.3, 0.4) is 0 Å². The Balaban J connectivity index is 2.12. The van der Waals surface area contributed by atoms with E-state index in [0.717, 1.165) is 12.5 Å². The van der Waals surface area contributed by atoms with E-state index in [-0.39, 0.29) is 0 Å². The molecule has 1 aliphatic rings. The van der Waals surface area contributed by atoms with Gasteiger partial charge in [-0.2, -0.15) is 0 Å². The molecule has 1 nitrogen and oxygen atoms in total. The van der Waals surface area contributed by atoms with Gasteiger partial charge in [0, 0.05) is 0 Å². The molecule has 0 bridgehead atoms. The van der Waals surface area contributed by atoms with Crippen LogP contribution in [0, 0.1) is 18.8 Å². The number of hydrogen-bond acceptors (Lipinski definition) is 1. The number of ether oxygens (including phenoxy) is 1. The molecule has 0 aromatic rings. The minimum absolute atomic E-state index is 0.690. The molecule has 1 rings (SSSR count). The lowest BCUT2D eigenvalue weighted by Crippen LogP contribution is -2.16. The van der Waals surface area contributed by atoms with Crippen molar-refractivity contribution in [3.63, 3.8) is 0 Å². The Labute approximate surface area is 69.4 Å². The molecular formula is C10H17O. The molecule has 0 saturated heterocycles. The van der Waals surface area contributed by atoms with Crippen LogP contribution in [0.2, 0.25) is 0 Å². The van der Waals surface area contributed by atoms with Crippen LogP contribution in [0.15, 0.2) is 12.8 Å². The molecule has 63 valence electrons. The van der Waals surface area contributed by atoms with Gasteiger partial charge in [0.1, 0.15) is 0 Å². The monoisotopic (exact) mass is 153 g/mol. The van der Waals surface area contributed by atoms with Crippen LogP contribution in [0.5, 0.6) is 0 Å². The highest BCUT2D eigenvalue weighted by Gasteiger charge is 2.17. The normalized spacial score (nSPS) is 31.4. The van der Waals surface area contributed by atoms with Gasteiger partial charge in [-0.15, -0.1) is 0 Å².